The highest BCUT2D eigenvalue weighted by molar-refractivity contribution is 5.94. The van der Waals surface area contributed by atoms with Gasteiger partial charge in [0.15, 0.2) is 0 Å². The van der Waals surface area contributed by atoms with Crippen molar-refractivity contribution >= 4 is 5.91 Å². The smallest absolute Gasteiger partial charge is 0.261 e. The fourth-order valence-electron chi connectivity index (χ4n) is 2.59. The molecule has 1 amide bonds. The summed E-state index contributed by atoms with van der Waals surface area (Å²) in [5.41, 5.74) is 0.182. The van der Waals surface area contributed by atoms with Crippen molar-refractivity contribution in [2.24, 2.45) is 5.92 Å². The Morgan fingerprint density at radius 1 is 1.40 bits per heavy atom. The molecule has 0 aliphatic heterocycles. The molecule has 0 unspecified atom stereocenters. The van der Waals surface area contributed by atoms with Gasteiger partial charge < -0.3 is 19.3 Å². The number of imidazole rings is 1. The van der Waals surface area contributed by atoms with Crippen LogP contribution >= 0.6 is 0 Å². The van der Waals surface area contributed by atoms with E-state index in [9.17, 15) is 9.59 Å². The average molecular weight is 340 g/mol. The minimum absolute atomic E-state index is 0.0846. The van der Waals surface area contributed by atoms with Crippen LogP contribution in [0.4, 0.5) is 0 Å². The summed E-state index contributed by atoms with van der Waals surface area (Å²) in [6, 6.07) is 6.65. The predicted octanol–water partition coefficient (Wildman–Crippen LogP) is 2.21. The summed E-state index contributed by atoms with van der Waals surface area (Å²) >= 11 is 0. The third-order valence-corrected chi connectivity index (χ3v) is 3.98. The van der Waals surface area contributed by atoms with Crippen molar-refractivity contribution in [1.82, 2.24) is 19.9 Å². The number of hydrogen-bond acceptors (Lipinski definition) is 4. The number of furan rings is 1. The van der Waals surface area contributed by atoms with Crippen LogP contribution in [0.15, 0.2) is 52.1 Å². The number of rotatable bonds is 6. The van der Waals surface area contributed by atoms with E-state index in [1.165, 1.54) is 12.3 Å². The van der Waals surface area contributed by atoms with Gasteiger partial charge in [-0.1, -0.05) is 6.92 Å². The zero-order valence-electron chi connectivity index (χ0n) is 14.2. The van der Waals surface area contributed by atoms with E-state index in [2.05, 4.69) is 15.3 Å². The van der Waals surface area contributed by atoms with Gasteiger partial charge in [-0.25, -0.2) is 4.98 Å². The molecule has 0 radical (unpaired) electrons. The third-order valence-electron chi connectivity index (χ3n) is 3.98. The molecule has 0 aromatic carbocycles. The zero-order chi connectivity index (χ0) is 17.8. The van der Waals surface area contributed by atoms with Crippen molar-refractivity contribution in [3.05, 3.63) is 64.7 Å². The van der Waals surface area contributed by atoms with Crippen LogP contribution in [0.1, 0.15) is 23.1 Å². The second kappa shape index (κ2) is 7.21. The monoisotopic (exact) mass is 340 g/mol. The molecule has 0 aliphatic rings. The number of nitrogens with one attached hydrogen (secondary N) is 2. The standard InChI is InChI=1S/C18H20N4O3/c1-12(11-22-8-7-19-13(22)2)10-20-17(23)14-5-6-15(21-18(14)24)16-4-3-9-25-16/h3-9,12H,10-11H2,1-2H3,(H,20,23)(H,21,24)/t12-/m1/s1. The molecule has 0 saturated heterocycles. The van der Waals surface area contributed by atoms with E-state index in [-0.39, 0.29) is 17.4 Å². The fraction of sp³-hybridized carbons (Fsp3) is 0.278. The number of aryl methyl sites for hydroxylation is 1. The van der Waals surface area contributed by atoms with Crippen LogP contribution < -0.4 is 10.9 Å². The molecule has 0 bridgehead atoms. The summed E-state index contributed by atoms with van der Waals surface area (Å²) in [7, 11) is 0. The summed E-state index contributed by atoms with van der Waals surface area (Å²) in [4.78, 5) is 31.3. The number of nitrogens with zero attached hydrogens (tertiary/aromatic N) is 2. The van der Waals surface area contributed by atoms with Gasteiger partial charge in [-0.3, -0.25) is 9.59 Å². The molecule has 1 atom stereocenters. The molecule has 7 nitrogen and oxygen atoms in total. The van der Waals surface area contributed by atoms with E-state index >= 15 is 0 Å². The van der Waals surface area contributed by atoms with Crippen molar-refractivity contribution in [2.45, 2.75) is 20.4 Å². The summed E-state index contributed by atoms with van der Waals surface area (Å²) < 4.78 is 7.26. The van der Waals surface area contributed by atoms with E-state index in [0.717, 1.165) is 12.4 Å². The number of aromatic nitrogens is 3. The Morgan fingerprint density at radius 3 is 2.88 bits per heavy atom. The van der Waals surface area contributed by atoms with Crippen molar-refractivity contribution < 1.29 is 9.21 Å². The van der Waals surface area contributed by atoms with Crippen molar-refractivity contribution in [2.75, 3.05) is 6.54 Å². The summed E-state index contributed by atoms with van der Waals surface area (Å²) in [6.07, 6.45) is 5.18. The first-order valence-electron chi connectivity index (χ1n) is 8.07. The van der Waals surface area contributed by atoms with E-state index in [1.54, 1.807) is 24.4 Å². The van der Waals surface area contributed by atoms with Crippen LogP contribution in [0.25, 0.3) is 11.5 Å². The number of H-pyrrole nitrogens is 1. The molecule has 0 spiro atoms. The van der Waals surface area contributed by atoms with E-state index in [4.69, 9.17) is 4.42 Å². The van der Waals surface area contributed by atoms with Gasteiger partial charge in [0.1, 0.15) is 17.1 Å². The van der Waals surface area contributed by atoms with Gasteiger partial charge in [-0.2, -0.15) is 0 Å². The molecule has 0 aliphatic carbocycles. The lowest BCUT2D eigenvalue weighted by Crippen LogP contribution is -2.33. The van der Waals surface area contributed by atoms with Crippen LogP contribution in [-0.4, -0.2) is 27.0 Å². The Hall–Kier alpha value is -3.09. The molecule has 3 aromatic rings. The van der Waals surface area contributed by atoms with E-state index in [1.807, 2.05) is 24.6 Å². The maximum absolute atomic E-state index is 12.3. The fourth-order valence-corrected chi connectivity index (χ4v) is 2.59. The highest BCUT2D eigenvalue weighted by Crippen LogP contribution is 2.15. The maximum Gasteiger partial charge on any atom is 0.261 e. The second-order valence-electron chi connectivity index (χ2n) is 6.03. The number of hydrogen-bond donors (Lipinski definition) is 2. The molecule has 0 fully saturated rings. The van der Waals surface area contributed by atoms with Crippen molar-refractivity contribution in [3.8, 4) is 11.5 Å². The Kier molecular flexibility index (Phi) is 4.83. The van der Waals surface area contributed by atoms with Crippen LogP contribution in [0, 0.1) is 12.8 Å². The van der Waals surface area contributed by atoms with Crippen LogP contribution in [0.2, 0.25) is 0 Å². The van der Waals surface area contributed by atoms with Gasteiger partial charge in [0.05, 0.1) is 12.0 Å². The first-order valence-corrected chi connectivity index (χ1v) is 8.07. The van der Waals surface area contributed by atoms with Gasteiger partial charge in [0.25, 0.3) is 11.5 Å². The van der Waals surface area contributed by atoms with Gasteiger partial charge >= 0.3 is 0 Å². The van der Waals surface area contributed by atoms with Crippen LogP contribution in [0.3, 0.4) is 0 Å². The third kappa shape index (κ3) is 3.88. The van der Waals surface area contributed by atoms with Crippen LogP contribution in [0.5, 0.6) is 0 Å². The molecule has 2 N–H and O–H groups in total. The molecular formula is C18H20N4O3. The SMILES string of the molecule is Cc1nccn1C[C@H](C)CNC(=O)c1ccc(-c2ccco2)[nH]c1=O. The normalized spacial score (nSPS) is 12.1. The minimum Gasteiger partial charge on any atom is -0.463 e. The Balaban J connectivity index is 1.61. The maximum atomic E-state index is 12.3. The first-order chi connectivity index (χ1) is 12.0. The topological polar surface area (TPSA) is 92.9 Å². The lowest BCUT2D eigenvalue weighted by molar-refractivity contribution is 0.0945. The number of aromatic amines is 1. The van der Waals surface area contributed by atoms with Gasteiger partial charge in [-0.15, -0.1) is 0 Å². The summed E-state index contributed by atoms with van der Waals surface area (Å²) in [5, 5.41) is 2.81. The highest BCUT2D eigenvalue weighted by atomic mass is 16.3. The summed E-state index contributed by atoms with van der Waals surface area (Å²) in [5.74, 6) is 1.30. The highest BCUT2D eigenvalue weighted by Gasteiger charge is 2.13. The van der Waals surface area contributed by atoms with Gasteiger partial charge in [-0.05, 0) is 37.1 Å². The molecule has 25 heavy (non-hydrogen) atoms. The first kappa shape index (κ1) is 16.8. The molecule has 0 saturated carbocycles. The van der Waals surface area contributed by atoms with Crippen molar-refractivity contribution in [3.63, 3.8) is 0 Å². The Morgan fingerprint density at radius 2 is 2.24 bits per heavy atom. The second-order valence-corrected chi connectivity index (χ2v) is 6.03. The largest absolute Gasteiger partial charge is 0.463 e. The predicted molar refractivity (Wildman–Crippen MR) is 93.2 cm³/mol. The molecule has 3 rings (SSSR count). The average Bonchev–Trinajstić information content (AvgIpc) is 3.25. The molecule has 130 valence electrons. The number of carbonyl (C=O) groups is 1. The molecule has 3 heterocycles. The number of pyridine rings is 1. The van der Waals surface area contributed by atoms with Gasteiger partial charge in [0.2, 0.25) is 0 Å². The molecular weight excluding hydrogens is 320 g/mol. The summed E-state index contributed by atoms with van der Waals surface area (Å²) in [6.45, 7) is 5.19. The van der Waals surface area contributed by atoms with Gasteiger partial charge in [0, 0.05) is 25.5 Å². The number of carbonyl (C=O) groups excluding carboxylic acids is 1. The van der Waals surface area contributed by atoms with E-state index < -0.39 is 5.56 Å². The quantitative estimate of drug-likeness (QED) is 0.719. The van der Waals surface area contributed by atoms with E-state index in [0.29, 0.717) is 18.0 Å². The Labute approximate surface area is 144 Å². The molecule has 7 heteroatoms. The van der Waals surface area contributed by atoms with Crippen molar-refractivity contribution in [1.29, 1.82) is 0 Å². The lowest BCUT2D eigenvalue weighted by atomic mass is 10.1. The molecule has 3 aromatic heterocycles. The number of amides is 1. The lowest BCUT2D eigenvalue weighted by Gasteiger charge is -2.14. The van der Waals surface area contributed by atoms with Crippen LogP contribution in [-0.2, 0) is 6.54 Å². The Bertz CT molecular complexity index is 909. The zero-order valence-corrected chi connectivity index (χ0v) is 14.2. The minimum atomic E-state index is -0.440.